The van der Waals surface area contributed by atoms with E-state index in [9.17, 15) is 29.4 Å². The number of ketones is 2. The van der Waals surface area contributed by atoms with Crippen LogP contribution in [0.1, 0.15) is 111 Å². The molecule has 3 fully saturated rings. The average Bonchev–Trinajstić information content (AvgIpc) is 3.29. The van der Waals surface area contributed by atoms with Crippen LogP contribution >= 0.6 is 0 Å². The van der Waals surface area contributed by atoms with Gasteiger partial charge in [-0.2, -0.15) is 0 Å². The molecule has 360 valence electrons. The van der Waals surface area contributed by atoms with Gasteiger partial charge in [-0.25, -0.2) is 4.79 Å². The molecule has 0 spiro atoms. The number of ether oxygens (including phenoxy) is 5. The number of esters is 1. The van der Waals surface area contributed by atoms with Crippen molar-refractivity contribution in [3.05, 3.63) is 77.9 Å². The van der Waals surface area contributed by atoms with Crippen molar-refractivity contribution in [2.24, 2.45) is 35.3 Å². The predicted octanol–water partition coefficient (Wildman–Crippen LogP) is 6.69. The maximum Gasteiger partial charge on any atom is 0.329 e. The molecule has 0 radical (unpaired) electrons. The highest BCUT2D eigenvalue weighted by molar-refractivity contribution is 6.39. The maximum absolute atomic E-state index is 14.5. The summed E-state index contributed by atoms with van der Waals surface area (Å²) in [5, 5.41) is 24.0. The number of carbonyl (C=O) groups is 4. The van der Waals surface area contributed by atoms with E-state index in [1.165, 1.54) is 19.1 Å². The number of nitrogens with two attached hydrogens (primary N) is 1. The van der Waals surface area contributed by atoms with Crippen molar-refractivity contribution in [3.63, 3.8) is 0 Å². The number of cyclic esters (lactones) is 1. The molecule has 0 aromatic heterocycles. The highest BCUT2D eigenvalue weighted by atomic mass is 16.7. The maximum atomic E-state index is 14.5. The van der Waals surface area contributed by atoms with Crippen LogP contribution in [0.25, 0.3) is 6.08 Å². The van der Waals surface area contributed by atoms with E-state index < -0.39 is 77.8 Å². The number of carbonyl (C=O) groups excluding carboxylic acids is 4. The lowest BCUT2D eigenvalue weighted by molar-refractivity contribution is -0.302. The van der Waals surface area contributed by atoms with Gasteiger partial charge in [0.15, 0.2) is 0 Å². The molecule has 14 unspecified atom stereocenters. The van der Waals surface area contributed by atoms with E-state index in [0.717, 1.165) is 24.0 Å². The van der Waals surface area contributed by atoms with E-state index in [-0.39, 0.29) is 55.6 Å². The van der Waals surface area contributed by atoms with Crippen molar-refractivity contribution in [2.45, 2.75) is 160 Å². The Balaban J connectivity index is 1.48. The molecule has 2 bridgehead atoms. The Labute approximate surface area is 386 Å². The molecule has 14 atom stereocenters. The van der Waals surface area contributed by atoms with Crippen molar-refractivity contribution >= 4 is 29.5 Å². The van der Waals surface area contributed by atoms with Crippen LogP contribution in [-0.4, -0.2) is 120 Å². The first-order valence-corrected chi connectivity index (χ1v) is 23.8. The van der Waals surface area contributed by atoms with Gasteiger partial charge in [0, 0.05) is 51.0 Å². The molecule has 2 saturated heterocycles. The number of allylic oxidation sites excluding steroid dienone is 4. The molecule has 65 heavy (non-hydrogen) atoms. The zero-order valence-electron chi connectivity index (χ0n) is 39.8. The summed E-state index contributed by atoms with van der Waals surface area (Å²) in [5.41, 5.74) is 9.28. The van der Waals surface area contributed by atoms with Crippen molar-refractivity contribution in [2.75, 3.05) is 27.4 Å². The second-order valence-electron chi connectivity index (χ2n) is 19.3. The predicted molar refractivity (Wildman–Crippen MR) is 249 cm³/mol. The SMILES string of the molecule is C=CCC1C=C(C)CC(C)CC(OC)C2OC(O)(C(=O)C(=O)N3CCCCC3C(=O)OC(C(C)=CC3CCC(N)C(OCC=Cc4ccccc4)C3)C(C)C(O)CC1=O)C(C)CC2OC. The van der Waals surface area contributed by atoms with E-state index in [4.69, 9.17) is 29.4 Å². The smallest absolute Gasteiger partial charge is 0.329 e. The molecule has 1 aliphatic carbocycles. The largest absolute Gasteiger partial charge is 0.456 e. The third-order valence-corrected chi connectivity index (χ3v) is 14.2. The van der Waals surface area contributed by atoms with Gasteiger partial charge in [0.2, 0.25) is 5.79 Å². The number of rotatable bonds is 10. The fourth-order valence-corrected chi connectivity index (χ4v) is 10.3. The number of amides is 1. The van der Waals surface area contributed by atoms with Crippen molar-refractivity contribution < 1.29 is 53.1 Å². The van der Waals surface area contributed by atoms with Crippen molar-refractivity contribution in [1.29, 1.82) is 0 Å². The van der Waals surface area contributed by atoms with Crippen LogP contribution in [0.2, 0.25) is 0 Å². The lowest BCUT2D eigenvalue weighted by Crippen LogP contribution is -2.64. The first-order chi connectivity index (χ1) is 31.0. The van der Waals surface area contributed by atoms with Gasteiger partial charge in [0.05, 0.1) is 31.0 Å². The van der Waals surface area contributed by atoms with Gasteiger partial charge >= 0.3 is 5.97 Å². The second kappa shape index (κ2) is 24.3. The number of benzene rings is 1. The third-order valence-electron chi connectivity index (χ3n) is 14.2. The summed E-state index contributed by atoms with van der Waals surface area (Å²) < 4.78 is 30.7. The second-order valence-corrected chi connectivity index (χ2v) is 19.3. The lowest BCUT2D eigenvalue weighted by atomic mass is 9.81. The van der Waals surface area contributed by atoms with Gasteiger partial charge in [0.25, 0.3) is 11.7 Å². The Hall–Kier alpha value is -3.82. The topological polar surface area (TPSA) is 184 Å². The quantitative estimate of drug-likeness (QED) is 0.129. The summed E-state index contributed by atoms with van der Waals surface area (Å²) in [4.78, 5) is 58.5. The fourth-order valence-electron chi connectivity index (χ4n) is 10.3. The zero-order chi connectivity index (χ0) is 47.4. The average molecular weight is 905 g/mol. The number of fused-ring (bicyclic) bond motifs is 3. The van der Waals surface area contributed by atoms with Crippen molar-refractivity contribution in [1.82, 2.24) is 4.90 Å². The fraction of sp³-hybridized carbons (Fsp3) is 0.654. The number of hydrogen-bond acceptors (Lipinski definition) is 12. The van der Waals surface area contributed by atoms with Crippen molar-refractivity contribution in [3.8, 4) is 0 Å². The molecule has 1 saturated carbocycles. The van der Waals surface area contributed by atoms with Gasteiger partial charge in [-0.05, 0) is 101 Å². The Morgan fingerprint density at radius 2 is 1.68 bits per heavy atom. The standard InChI is InChI=1S/C52H76N2O11/c1-9-16-39-26-32(2)25-33(3)27-45(61-7)48-46(62-8)29-35(5)52(60,65-48)49(57)50(58)54-23-14-13-20-41(54)51(59)64-47(36(6)42(55)31-43(39)56)34(4)28-38-21-22-40(53)44(30-38)63-24-15-19-37-17-11-10-12-18-37/h9-12,15,17-19,26,28,33,35-36,38-42,44-48,55,60H,1,13-14,16,20-25,27,29-31,53H2,2-8H3. The Kier molecular flexibility index (Phi) is 19.5. The van der Waals surface area contributed by atoms with Crippen LogP contribution in [-0.2, 0) is 42.9 Å². The van der Waals surface area contributed by atoms with E-state index in [0.29, 0.717) is 50.7 Å². The van der Waals surface area contributed by atoms with Gasteiger partial charge in [-0.1, -0.05) is 87.1 Å². The molecular formula is C52H76N2O11. The molecule has 3 heterocycles. The van der Waals surface area contributed by atoms with E-state index in [1.807, 2.05) is 69.3 Å². The molecule has 13 heteroatoms. The number of Topliss-reactive ketones (excluding diaryl/α,β-unsaturated/α-hetero) is 2. The van der Waals surface area contributed by atoms with E-state index >= 15 is 0 Å². The van der Waals surface area contributed by atoms with Crippen LogP contribution in [0.5, 0.6) is 0 Å². The first-order valence-electron chi connectivity index (χ1n) is 23.8. The minimum Gasteiger partial charge on any atom is -0.456 e. The molecule has 1 aromatic rings. The van der Waals surface area contributed by atoms with Crippen LogP contribution in [0.3, 0.4) is 0 Å². The van der Waals surface area contributed by atoms with Gasteiger partial charge < -0.3 is 44.5 Å². The Morgan fingerprint density at radius 1 is 0.969 bits per heavy atom. The minimum atomic E-state index is -2.52. The highest BCUT2D eigenvalue weighted by Crippen LogP contribution is 2.39. The number of hydrogen-bond donors (Lipinski definition) is 3. The molecule has 13 nitrogen and oxygen atoms in total. The molecule has 4 aliphatic rings. The zero-order valence-corrected chi connectivity index (χ0v) is 39.8. The van der Waals surface area contributed by atoms with Gasteiger partial charge in [0.1, 0.15) is 24.0 Å². The molecular weight excluding hydrogens is 829 g/mol. The third kappa shape index (κ3) is 13.4. The van der Waals surface area contributed by atoms with Crippen LogP contribution < -0.4 is 5.73 Å². The molecule has 5 rings (SSSR count). The Bertz CT molecular complexity index is 1860. The Morgan fingerprint density at radius 3 is 2.37 bits per heavy atom. The molecule has 1 aromatic carbocycles. The van der Waals surface area contributed by atoms with Crippen LogP contribution in [0, 0.1) is 29.6 Å². The summed E-state index contributed by atoms with van der Waals surface area (Å²) in [6.45, 7) is 13.6. The van der Waals surface area contributed by atoms with Crippen LogP contribution in [0.4, 0.5) is 0 Å². The number of nitrogens with zero attached hydrogens (tertiary/aromatic N) is 1. The molecule has 3 aliphatic heterocycles. The van der Waals surface area contributed by atoms with E-state index in [1.54, 1.807) is 19.9 Å². The van der Waals surface area contributed by atoms with Gasteiger partial charge in [-0.15, -0.1) is 6.58 Å². The summed E-state index contributed by atoms with van der Waals surface area (Å²) in [7, 11) is 3.07. The van der Waals surface area contributed by atoms with Gasteiger partial charge in [-0.3, -0.25) is 14.4 Å². The summed E-state index contributed by atoms with van der Waals surface area (Å²) in [6, 6.07) is 8.67. The van der Waals surface area contributed by atoms with E-state index in [2.05, 4.69) is 12.7 Å². The molecule has 4 N–H and O–H groups in total. The molecule has 1 amide bonds. The summed E-state index contributed by atoms with van der Waals surface area (Å²) in [5.74, 6) is -7.72. The minimum absolute atomic E-state index is 0.00676. The summed E-state index contributed by atoms with van der Waals surface area (Å²) in [6.07, 6.45) is 10.1. The van der Waals surface area contributed by atoms with Crippen LogP contribution in [0.15, 0.2) is 72.4 Å². The highest BCUT2D eigenvalue weighted by Gasteiger charge is 2.56. The lowest BCUT2D eigenvalue weighted by Gasteiger charge is -2.47. The number of piperidine rings is 1. The monoisotopic (exact) mass is 905 g/mol. The number of aliphatic hydroxyl groups excluding tert-OH is 1. The normalized spacial score (nSPS) is 36.6. The summed E-state index contributed by atoms with van der Waals surface area (Å²) >= 11 is 0. The first kappa shape index (κ1) is 52.2. The number of methoxy groups -OCH3 is 2. The number of aliphatic hydroxyl groups is 2.